The van der Waals surface area contributed by atoms with Crippen molar-refractivity contribution in [1.82, 2.24) is 15.5 Å². The fraction of sp³-hybridized carbons (Fsp3) is 0.714. The molecule has 1 aromatic heterocycles. The molecule has 116 valence electrons. The Morgan fingerprint density at radius 3 is 2.76 bits per heavy atom. The molecular formula is C14H22N4OS2. The molecule has 0 aromatic carbocycles. The van der Waals surface area contributed by atoms with E-state index in [-0.39, 0.29) is 5.91 Å². The van der Waals surface area contributed by atoms with Crippen LogP contribution in [0.15, 0.2) is 0 Å². The molecule has 1 aliphatic rings. The van der Waals surface area contributed by atoms with Crippen LogP contribution in [0.3, 0.4) is 0 Å². The van der Waals surface area contributed by atoms with Crippen molar-refractivity contribution in [2.75, 3.05) is 5.32 Å². The first-order chi connectivity index (χ1) is 10.2. The van der Waals surface area contributed by atoms with Crippen LogP contribution in [-0.4, -0.2) is 21.2 Å². The van der Waals surface area contributed by atoms with E-state index in [1.807, 2.05) is 6.92 Å². The summed E-state index contributed by atoms with van der Waals surface area (Å²) >= 11 is 6.58. The Labute approximate surface area is 134 Å². The van der Waals surface area contributed by atoms with E-state index in [9.17, 15) is 4.79 Å². The molecule has 7 heteroatoms. The number of thiocarbonyl (C=S) groups is 1. The minimum atomic E-state index is -0.0155. The third-order valence-corrected chi connectivity index (χ3v) is 4.93. The molecule has 0 spiro atoms. The molecule has 1 amide bonds. The number of nitrogens with zero attached hydrogens (tertiary/aromatic N) is 2. The Kier molecular flexibility index (Phi) is 6.50. The SMILES string of the molecule is CCc1nnc(NC(=S)NC(=O)CCC2CCCCC2)s1. The smallest absolute Gasteiger partial charge is 0.226 e. The minimum absolute atomic E-state index is 0.0155. The molecule has 0 aliphatic heterocycles. The molecule has 0 atom stereocenters. The highest BCUT2D eigenvalue weighted by Gasteiger charge is 2.15. The van der Waals surface area contributed by atoms with E-state index in [0.29, 0.717) is 22.6 Å². The highest BCUT2D eigenvalue weighted by atomic mass is 32.1. The molecule has 0 unspecified atom stereocenters. The molecule has 1 aromatic rings. The Balaban J connectivity index is 1.67. The summed E-state index contributed by atoms with van der Waals surface area (Å²) in [6.45, 7) is 2.02. The maximum absolute atomic E-state index is 11.9. The summed E-state index contributed by atoms with van der Waals surface area (Å²) in [5, 5.41) is 15.5. The summed E-state index contributed by atoms with van der Waals surface area (Å²) in [6.07, 6.45) is 8.85. The Hall–Kier alpha value is -1.08. The average molecular weight is 326 g/mol. The van der Waals surface area contributed by atoms with Crippen molar-refractivity contribution < 1.29 is 4.79 Å². The molecule has 0 saturated heterocycles. The van der Waals surface area contributed by atoms with Crippen molar-refractivity contribution in [3.05, 3.63) is 5.01 Å². The quantitative estimate of drug-likeness (QED) is 0.813. The van der Waals surface area contributed by atoms with Gasteiger partial charge in [0.05, 0.1) is 0 Å². The van der Waals surface area contributed by atoms with Crippen molar-refractivity contribution in [3.63, 3.8) is 0 Å². The van der Waals surface area contributed by atoms with Crippen molar-refractivity contribution in [1.29, 1.82) is 0 Å². The zero-order valence-corrected chi connectivity index (χ0v) is 14.0. The van der Waals surface area contributed by atoms with E-state index < -0.39 is 0 Å². The predicted molar refractivity (Wildman–Crippen MR) is 89.5 cm³/mol. The summed E-state index contributed by atoms with van der Waals surface area (Å²) in [5.74, 6) is 0.694. The number of hydrogen-bond acceptors (Lipinski definition) is 5. The topological polar surface area (TPSA) is 66.9 Å². The number of aryl methyl sites for hydroxylation is 1. The first kappa shape index (κ1) is 16.3. The summed E-state index contributed by atoms with van der Waals surface area (Å²) in [4.78, 5) is 11.9. The van der Waals surface area contributed by atoms with Crippen LogP contribution in [0.5, 0.6) is 0 Å². The summed E-state index contributed by atoms with van der Waals surface area (Å²) in [7, 11) is 0. The van der Waals surface area contributed by atoms with E-state index in [1.54, 1.807) is 0 Å². The summed E-state index contributed by atoms with van der Waals surface area (Å²) in [5.41, 5.74) is 0. The molecule has 1 heterocycles. The molecule has 5 nitrogen and oxygen atoms in total. The molecule has 0 radical (unpaired) electrons. The van der Waals surface area contributed by atoms with E-state index in [1.165, 1.54) is 43.4 Å². The largest absolute Gasteiger partial charge is 0.307 e. The van der Waals surface area contributed by atoms with Gasteiger partial charge in [-0.3, -0.25) is 4.79 Å². The van der Waals surface area contributed by atoms with E-state index >= 15 is 0 Å². The molecule has 21 heavy (non-hydrogen) atoms. The van der Waals surface area contributed by atoms with Gasteiger partial charge in [-0.1, -0.05) is 50.4 Å². The second-order valence-electron chi connectivity index (χ2n) is 5.40. The third kappa shape index (κ3) is 5.67. The van der Waals surface area contributed by atoms with Crippen LogP contribution in [0.25, 0.3) is 0 Å². The van der Waals surface area contributed by atoms with E-state index in [2.05, 4.69) is 20.8 Å². The number of amides is 1. The fourth-order valence-electron chi connectivity index (χ4n) is 2.58. The highest BCUT2D eigenvalue weighted by molar-refractivity contribution is 7.80. The lowest BCUT2D eigenvalue weighted by Gasteiger charge is -2.21. The number of anilines is 1. The number of carbonyl (C=O) groups is 1. The van der Waals surface area contributed by atoms with Crippen LogP contribution in [0.4, 0.5) is 5.13 Å². The van der Waals surface area contributed by atoms with Gasteiger partial charge in [-0.25, -0.2) is 0 Å². The van der Waals surface area contributed by atoms with E-state index in [0.717, 1.165) is 17.8 Å². The Bertz CT molecular complexity index is 483. The number of aromatic nitrogens is 2. The number of carbonyl (C=O) groups excluding carboxylic acids is 1. The zero-order valence-electron chi connectivity index (χ0n) is 12.4. The second-order valence-corrected chi connectivity index (χ2v) is 6.87. The molecular weight excluding hydrogens is 304 g/mol. The van der Waals surface area contributed by atoms with Gasteiger partial charge in [0.25, 0.3) is 0 Å². The minimum Gasteiger partial charge on any atom is -0.307 e. The van der Waals surface area contributed by atoms with Crippen molar-refractivity contribution in [2.24, 2.45) is 5.92 Å². The van der Waals surface area contributed by atoms with Crippen LogP contribution in [-0.2, 0) is 11.2 Å². The van der Waals surface area contributed by atoms with Crippen LogP contribution in [0.2, 0.25) is 0 Å². The summed E-state index contributed by atoms with van der Waals surface area (Å²) in [6, 6.07) is 0. The van der Waals surface area contributed by atoms with E-state index in [4.69, 9.17) is 12.2 Å². The third-order valence-electron chi connectivity index (χ3n) is 3.75. The van der Waals surface area contributed by atoms with Gasteiger partial charge in [0, 0.05) is 6.42 Å². The lowest BCUT2D eigenvalue weighted by atomic mass is 9.86. The second kappa shape index (κ2) is 8.38. The Morgan fingerprint density at radius 2 is 2.10 bits per heavy atom. The van der Waals surface area contributed by atoms with Gasteiger partial charge in [-0.15, -0.1) is 10.2 Å². The van der Waals surface area contributed by atoms with Gasteiger partial charge < -0.3 is 10.6 Å². The number of hydrogen-bond donors (Lipinski definition) is 2. The van der Waals surface area contributed by atoms with Gasteiger partial charge in [-0.05, 0) is 31.0 Å². The maximum Gasteiger partial charge on any atom is 0.226 e. The average Bonchev–Trinajstić information content (AvgIpc) is 2.93. The monoisotopic (exact) mass is 326 g/mol. The highest BCUT2D eigenvalue weighted by Crippen LogP contribution is 2.27. The van der Waals surface area contributed by atoms with Gasteiger partial charge in [0.1, 0.15) is 5.01 Å². The van der Waals surface area contributed by atoms with Gasteiger partial charge in [0.2, 0.25) is 11.0 Å². The maximum atomic E-state index is 11.9. The zero-order chi connectivity index (χ0) is 15.1. The van der Waals surface area contributed by atoms with Crippen LogP contribution >= 0.6 is 23.6 Å². The molecule has 2 rings (SSSR count). The molecule has 1 saturated carbocycles. The molecule has 0 bridgehead atoms. The van der Waals surface area contributed by atoms with Gasteiger partial charge in [-0.2, -0.15) is 0 Å². The van der Waals surface area contributed by atoms with Crippen LogP contribution in [0.1, 0.15) is 56.9 Å². The lowest BCUT2D eigenvalue weighted by molar-refractivity contribution is -0.120. The van der Waals surface area contributed by atoms with Gasteiger partial charge in [0.15, 0.2) is 5.11 Å². The van der Waals surface area contributed by atoms with Crippen molar-refractivity contribution in [2.45, 2.75) is 58.3 Å². The fourth-order valence-corrected chi connectivity index (χ4v) is 3.53. The Morgan fingerprint density at radius 1 is 1.33 bits per heavy atom. The molecule has 1 aliphatic carbocycles. The first-order valence-electron chi connectivity index (χ1n) is 7.60. The molecule has 1 fully saturated rings. The van der Waals surface area contributed by atoms with Crippen molar-refractivity contribution in [3.8, 4) is 0 Å². The standard InChI is InChI=1S/C14H22N4OS2/c1-2-12-17-18-14(21-12)16-13(20)15-11(19)9-8-10-6-4-3-5-7-10/h10H,2-9H2,1H3,(H2,15,16,18,19,20). The van der Waals surface area contributed by atoms with Crippen LogP contribution < -0.4 is 10.6 Å². The molecule has 2 N–H and O–H groups in total. The van der Waals surface area contributed by atoms with Crippen molar-refractivity contribution >= 4 is 39.7 Å². The number of nitrogens with one attached hydrogen (secondary N) is 2. The first-order valence-corrected chi connectivity index (χ1v) is 8.83. The lowest BCUT2D eigenvalue weighted by Crippen LogP contribution is -2.34. The van der Waals surface area contributed by atoms with Crippen LogP contribution in [0, 0.1) is 5.92 Å². The number of rotatable bonds is 5. The predicted octanol–water partition coefficient (Wildman–Crippen LogP) is 3.27. The normalized spacial score (nSPS) is 15.7. The summed E-state index contributed by atoms with van der Waals surface area (Å²) < 4.78 is 0. The van der Waals surface area contributed by atoms with Gasteiger partial charge >= 0.3 is 0 Å².